The monoisotopic (exact) mass is 140 g/mol. The smallest absolute Gasteiger partial charge is 0.0571 e. The number of aliphatic hydroxyl groups is 1. The highest BCUT2D eigenvalue weighted by atomic mass is 16.3. The molecule has 1 aliphatic carbocycles. The minimum absolute atomic E-state index is 0.0493. The summed E-state index contributed by atoms with van der Waals surface area (Å²) in [6.07, 6.45) is 7.53. The van der Waals surface area contributed by atoms with Crippen molar-refractivity contribution in [1.29, 1.82) is 0 Å². The van der Waals surface area contributed by atoms with Gasteiger partial charge in [0.15, 0.2) is 0 Å². The van der Waals surface area contributed by atoms with Crippen LogP contribution in [0.15, 0.2) is 12.7 Å². The molecule has 0 spiro atoms. The van der Waals surface area contributed by atoms with Crippen LogP contribution in [0.3, 0.4) is 0 Å². The molecule has 1 aliphatic rings. The van der Waals surface area contributed by atoms with Gasteiger partial charge in [0.25, 0.3) is 0 Å². The van der Waals surface area contributed by atoms with Crippen LogP contribution in [0.25, 0.3) is 0 Å². The Morgan fingerprint density at radius 3 is 2.70 bits per heavy atom. The van der Waals surface area contributed by atoms with Crippen molar-refractivity contribution in [2.24, 2.45) is 5.92 Å². The van der Waals surface area contributed by atoms with E-state index in [-0.39, 0.29) is 6.10 Å². The van der Waals surface area contributed by atoms with Crippen LogP contribution in [0.4, 0.5) is 0 Å². The molecular weight excluding hydrogens is 124 g/mol. The summed E-state index contributed by atoms with van der Waals surface area (Å²) < 4.78 is 0. The molecule has 1 N–H and O–H groups in total. The third-order valence-corrected chi connectivity index (χ3v) is 2.34. The van der Waals surface area contributed by atoms with E-state index in [0.717, 1.165) is 12.8 Å². The molecule has 0 heterocycles. The lowest BCUT2D eigenvalue weighted by Crippen LogP contribution is -2.23. The van der Waals surface area contributed by atoms with Crippen molar-refractivity contribution in [2.75, 3.05) is 0 Å². The Labute approximate surface area is 62.8 Å². The van der Waals surface area contributed by atoms with Crippen LogP contribution in [-0.2, 0) is 0 Å². The minimum atomic E-state index is -0.0493. The van der Waals surface area contributed by atoms with E-state index in [1.165, 1.54) is 19.3 Å². The first-order valence-electron chi connectivity index (χ1n) is 4.13. The summed E-state index contributed by atoms with van der Waals surface area (Å²) in [5.41, 5.74) is 0. The van der Waals surface area contributed by atoms with E-state index >= 15 is 0 Å². The SMILES string of the molecule is C=CC[C@H]1CCCC[C@@H]1O. The maximum Gasteiger partial charge on any atom is 0.0571 e. The number of allylic oxidation sites excluding steroid dienone is 1. The van der Waals surface area contributed by atoms with Crippen molar-refractivity contribution in [3.05, 3.63) is 12.7 Å². The number of aliphatic hydroxyl groups excluding tert-OH is 1. The van der Waals surface area contributed by atoms with Gasteiger partial charge in [-0.25, -0.2) is 0 Å². The molecule has 0 amide bonds. The fourth-order valence-electron chi connectivity index (χ4n) is 1.68. The molecule has 1 fully saturated rings. The van der Waals surface area contributed by atoms with Gasteiger partial charge in [0.2, 0.25) is 0 Å². The van der Waals surface area contributed by atoms with E-state index in [9.17, 15) is 5.11 Å². The third-order valence-electron chi connectivity index (χ3n) is 2.34. The highest BCUT2D eigenvalue weighted by Gasteiger charge is 2.20. The Balaban J connectivity index is 2.32. The van der Waals surface area contributed by atoms with Crippen LogP contribution in [-0.4, -0.2) is 11.2 Å². The Bertz CT molecular complexity index is 109. The van der Waals surface area contributed by atoms with Gasteiger partial charge in [-0.1, -0.05) is 18.9 Å². The van der Waals surface area contributed by atoms with Crippen LogP contribution >= 0.6 is 0 Å². The maximum atomic E-state index is 9.45. The van der Waals surface area contributed by atoms with Crippen molar-refractivity contribution < 1.29 is 5.11 Å². The Hall–Kier alpha value is -0.300. The zero-order valence-corrected chi connectivity index (χ0v) is 6.42. The number of hydrogen-bond donors (Lipinski definition) is 1. The lowest BCUT2D eigenvalue weighted by molar-refractivity contribution is 0.0714. The number of hydrogen-bond acceptors (Lipinski definition) is 1. The zero-order valence-electron chi connectivity index (χ0n) is 6.42. The quantitative estimate of drug-likeness (QED) is 0.582. The summed E-state index contributed by atoms with van der Waals surface area (Å²) in [6, 6.07) is 0. The second kappa shape index (κ2) is 3.77. The molecule has 0 unspecified atom stereocenters. The van der Waals surface area contributed by atoms with Gasteiger partial charge in [0.1, 0.15) is 0 Å². The molecule has 0 radical (unpaired) electrons. The molecule has 0 aliphatic heterocycles. The average molecular weight is 140 g/mol. The van der Waals surface area contributed by atoms with Crippen LogP contribution in [0.1, 0.15) is 32.1 Å². The molecule has 2 atom stereocenters. The van der Waals surface area contributed by atoms with E-state index in [1.807, 2.05) is 6.08 Å². The molecule has 0 aromatic rings. The molecule has 1 heteroatoms. The molecule has 1 saturated carbocycles. The first kappa shape index (κ1) is 7.80. The Morgan fingerprint density at radius 2 is 2.10 bits per heavy atom. The average Bonchev–Trinajstić information content (AvgIpc) is 1.94. The van der Waals surface area contributed by atoms with Gasteiger partial charge in [0, 0.05) is 0 Å². The fraction of sp³-hybridized carbons (Fsp3) is 0.778. The lowest BCUT2D eigenvalue weighted by atomic mass is 9.84. The van der Waals surface area contributed by atoms with E-state index in [4.69, 9.17) is 0 Å². The molecule has 1 rings (SSSR count). The van der Waals surface area contributed by atoms with E-state index in [2.05, 4.69) is 6.58 Å². The van der Waals surface area contributed by atoms with Crippen molar-refractivity contribution in [3.63, 3.8) is 0 Å². The predicted molar refractivity (Wildman–Crippen MR) is 42.8 cm³/mol. The van der Waals surface area contributed by atoms with Crippen LogP contribution in [0.5, 0.6) is 0 Å². The first-order chi connectivity index (χ1) is 4.84. The summed E-state index contributed by atoms with van der Waals surface area (Å²) in [4.78, 5) is 0. The first-order valence-corrected chi connectivity index (χ1v) is 4.13. The Morgan fingerprint density at radius 1 is 1.40 bits per heavy atom. The van der Waals surface area contributed by atoms with Gasteiger partial charge in [-0.05, 0) is 25.2 Å². The maximum absolute atomic E-state index is 9.45. The molecule has 0 bridgehead atoms. The van der Waals surface area contributed by atoms with Crippen molar-refractivity contribution in [3.8, 4) is 0 Å². The lowest BCUT2D eigenvalue weighted by Gasteiger charge is -2.26. The number of rotatable bonds is 2. The minimum Gasteiger partial charge on any atom is -0.393 e. The summed E-state index contributed by atoms with van der Waals surface area (Å²) in [5, 5.41) is 9.45. The van der Waals surface area contributed by atoms with Crippen LogP contribution in [0, 0.1) is 5.92 Å². The van der Waals surface area contributed by atoms with Crippen molar-refractivity contribution in [1.82, 2.24) is 0 Å². The normalized spacial score (nSPS) is 33.7. The van der Waals surface area contributed by atoms with E-state index in [0.29, 0.717) is 5.92 Å². The van der Waals surface area contributed by atoms with Crippen molar-refractivity contribution in [2.45, 2.75) is 38.2 Å². The van der Waals surface area contributed by atoms with Crippen LogP contribution < -0.4 is 0 Å². The molecule has 0 saturated heterocycles. The fourth-order valence-corrected chi connectivity index (χ4v) is 1.68. The summed E-state index contributed by atoms with van der Waals surface area (Å²) in [6.45, 7) is 3.68. The van der Waals surface area contributed by atoms with Gasteiger partial charge in [-0.15, -0.1) is 6.58 Å². The van der Waals surface area contributed by atoms with Crippen LogP contribution in [0.2, 0.25) is 0 Å². The second-order valence-corrected chi connectivity index (χ2v) is 3.14. The topological polar surface area (TPSA) is 20.2 Å². The van der Waals surface area contributed by atoms with Crippen molar-refractivity contribution >= 4 is 0 Å². The second-order valence-electron chi connectivity index (χ2n) is 3.14. The largest absolute Gasteiger partial charge is 0.393 e. The van der Waals surface area contributed by atoms with Gasteiger partial charge in [-0.3, -0.25) is 0 Å². The molecule has 10 heavy (non-hydrogen) atoms. The van der Waals surface area contributed by atoms with E-state index in [1.54, 1.807) is 0 Å². The Kier molecular flexibility index (Phi) is 2.94. The summed E-state index contributed by atoms with van der Waals surface area (Å²) >= 11 is 0. The molecular formula is C9H16O. The molecule has 58 valence electrons. The summed E-state index contributed by atoms with van der Waals surface area (Å²) in [5.74, 6) is 0.506. The standard InChI is InChI=1S/C9H16O/c1-2-5-8-6-3-4-7-9(8)10/h2,8-10H,1,3-7H2/t8-,9-/m0/s1. The van der Waals surface area contributed by atoms with Gasteiger partial charge < -0.3 is 5.11 Å². The molecule has 0 aromatic heterocycles. The van der Waals surface area contributed by atoms with Gasteiger partial charge in [0.05, 0.1) is 6.10 Å². The van der Waals surface area contributed by atoms with Gasteiger partial charge in [-0.2, -0.15) is 0 Å². The summed E-state index contributed by atoms with van der Waals surface area (Å²) in [7, 11) is 0. The predicted octanol–water partition coefficient (Wildman–Crippen LogP) is 2.11. The van der Waals surface area contributed by atoms with E-state index < -0.39 is 0 Å². The van der Waals surface area contributed by atoms with Gasteiger partial charge >= 0.3 is 0 Å². The highest BCUT2D eigenvalue weighted by Crippen LogP contribution is 2.26. The molecule has 1 nitrogen and oxygen atoms in total. The highest BCUT2D eigenvalue weighted by molar-refractivity contribution is 4.80. The zero-order chi connectivity index (χ0) is 7.40. The third kappa shape index (κ3) is 1.84. The molecule has 0 aromatic carbocycles.